The zero-order valence-corrected chi connectivity index (χ0v) is 33.8. The molecule has 61 heavy (non-hydrogen) atoms. The smallest absolute Gasteiger partial charge is 0.296 e. The average Bonchev–Trinajstić information content (AvgIpc) is 3.62. The topological polar surface area (TPSA) is 147 Å². The molecule has 3 amide bonds. The summed E-state index contributed by atoms with van der Waals surface area (Å²) < 4.78 is 10.0. The van der Waals surface area contributed by atoms with Crippen LogP contribution in [0, 0.1) is 0 Å². The molecule has 0 saturated heterocycles. The molecular weight excluding hydrogens is 771 g/mol. The number of hydrogen-bond donors (Lipinski definition) is 2. The molecule has 0 unspecified atom stereocenters. The van der Waals surface area contributed by atoms with E-state index in [0.29, 0.717) is 53.0 Å². The monoisotopic (exact) mass is 812 g/mol. The van der Waals surface area contributed by atoms with E-state index in [4.69, 9.17) is 4.74 Å². The molecule has 2 aliphatic heterocycles. The third-order valence-electron chi connectivity index (χ3n) is 10.9. The molecule has 0 atom stereocenters. The number of ether oxygens (including phenoxy) is 1. The summed E-state index contributed by atoms with van der Waals surface area (Å²) in [4.78, 5) is 50.7. The van der Waals surface area contributed by atoms with Gasteiger partial charge in [-0.05, 0) is 54.6 Å². The summed E-state index contributed by atoms with van der Waals surface area (Å²) in [5.74, 6) is -1.43. The number of carbonyl (C=O) groups is 3. The third kappa shape index (κ3) is 7.79. The lowest BCUT2D eigenvalue weighted by Gasteiger charge is -2.29. The number of anilines is 1. The minimum atomic E-state index is -0.620. The molecule has 0 saturated carbocycles. The Morgan fingerprint density at radius 1 is 0.787 bits per heavy atom. The highest BCUT2D eigenvalue weighted by Gasteiger charge is 2.33. The van der Waals surface area contributed by atoms with Gasteiger partial charge < -0.3 is 10.1 Å². The molecule has 9 rings (SSSR count). The number of allylic oxidation sites excluding steroid dienone is 1. The molecule has 303 valence electrons. The van der Waals surface area contributed by atoms with Crippen LogP contribution in [0.1, 0.15) is 49.7 Å². The molecule has 14 nitrogen and oxygen atoms in total. The minimum absolute atomic E-state index is 0.000144. The van der Waals surface area contributed by atoms with Crippen molar-refractivity contribution in [3.8, 4) is 5.75 Å². The van der Waals surface area contributed by atoms with E-state index < -0.39 is 11.8 Å². The maximum Gasteiger partial charge on any atom is 0.296 e. The Balaban J connectivity index is 0.890. The van der Waals surface area contributed by atoms with Crippen LogP contribution >= 0.6 is 0 Å². The summed E-state index contributed by atoms with van der Waals surface area (Å²) in [6, 6.07) is 33.4. The van der Waals surface area contributed by atoms with Crippen LogP contribution in [0.5, 0.6) is 5.75 Å². The molecule has 7 aromatic rings. The van der Waals surface area contributed by atoms with Gasteiger partial charge >= 0.3 is 0 Å². The van der Waals surface area contributed by atoms with Crippen molar-refractivity contribution in [3.63, 3.8) is 0 Å². The molecule has 2 aliphatic rings. The molecule has 0 fully saturated rings. The van der Waals surface area contributed by atoms with E-state index in [1.807, 2.05) is 138 Å². The second-order valence-corrected chi connectivity index (χ2v) is 15.1. The zero-order valence-electron chi connectivity index (χ0n) is 33.8. The van der Waals surface area contributed by atoms with Crippen LogP contribution in [0.25, 0.3) is 32.6 Å². The standard InChI is InChI=1S/C47H41N9O5/c1-52-27-33(23-31-11-4-6-18-41(31)52)48-44(57)39-25-36(26-40(50-39)45(58)49-34-24-32-12-5-7-19-42(32)53(2)28-34)61-22-10-15-35-29-55(51-54(35)3)20-21-56-46(59)37-16-8-13-30-14-9-17-38(43(30)37)47(56)60/h4-9,11-14,16-19,23-29,51H,10,15,20-22H2,1-3H3/q+1/p+1. The highest BCUT2D eigenvalue weighted by molar-refractivity contribution is 6.25. The van der Waals surface area contributed by atoms with Gasteiger partial charge in [0.25, 0.3) is 23.6 Å². The van der Waals surface area contributed by atoms with Crippen molar-refractivity contribution in [1.82, 2.24) is 25.4 Å². The van der Waals surface area contributed by atoms with Crippen LogP contribution in [-0.2, 0) is 19.2 Å². The first-order valence-electron chi connectivity index (χ1n) is 19.9. The number of aliphatic imine (C=N–C) groups is 1. The second kappa shape index (κ2) is 16.2. The lowest BCUT2D eigenvalue weighted by molar-refractivity contribution is -0.644. The molecule has 0 spiro atoms. The van der Waals surface area contributed by atoms with Gasteiger partial charge in [0, 0.05) is 77.0 Å². The molecule has 5 heterocycles. The van der Waals surface area contributed by atoms with E-state index >= 15 is 0 Å². The molecule has 0 bridgehead atoms. The molecule has 14 heteroatoms. The number of hydrogen-bond acceptors (Lipinski definition) is 9. The predicted octanol–water partition coefficient (Wildman–Crippen LogP) is 5.91. The largest absolute Gasteiger partial charge is 0.493 e. The molecule has 0 aliphatic carbocycles. The molecular formula is C47H42N9O5+2. The van der Waals surface area contributed by atoms with Crippen LogP contribution in [0.15, 0.2) is 138 Å². The fourth-order valence-corrected chi connectivity index (χ4v) is 7.96. The Kier molecular flexibility index (Phi) is 10.3. The first-order chi connectivity index (χ1) is 29.6. The van der Waals surface area contributed by atoms with Crippen LogP contribution in [0.2, 0.25) is 0 Å². The van der Waals surface area contributed by atoms with Gasteiger partial charge in [-0.25, -0.2) is 9.98 Å². The zero-order chi connectivity index (χ0) is 42.2. The van der Waals surface area contributed by atoms with Crippen LogP contribution in [-0.4, -0.2) is 70.3 Å². The van der Waals surface area contributed by atoms with Crippen molar-refractivity contribution < 1.29 is 33.4 Å². The predicted molar refractivity (Wildman–Crippen MR) is 229 cm³/mol. The van der Waals surface area contributed by atoms with E-state index in [-0.39, 0.29) is 36.4 Å². The van der Waals surface area contributed by atoms with Crippen LogP contribution in [0.4, 0.5) is 11.4 Å². The van der Waals surface area contributed by atoms with Gasteiger partial charge in [0.15, 0.2) is 12.4 Å². The number of aromatic nitrogens is 3. The lowest BCUT2D eigenvalue weighted by atomic mass is 9.94. The maximum absolute atomic E-state index is 13.7. The van der Waals surface area contributed by atoms with Crippen molar-refractivity contribution in [2.45, 2.75) is 12.8 Å². The molecule has 4 aromatic carbocycles. The summed E-state index contributed by atoms with van der Waals surface area (Å²) >= 11 is 0. The van der Waals surface area contributed by atoms with Gasteiger partial charge in [-0.1, -0.05) is 48.5 Å². The summed E-state index contributed by atoms with van der Waals surface area (Å²) in [5, 5.41) is 23.8. The van der Waals surface area contributed by atoms with Crippen LogP contribution < -0.4 is 24.7 Å². The number of nitrogens with one attached hydrogen (secondary N) is 2. The number of rotatable bonds is 12. The Labute approximate surface area is 351 Å². The van der Waals surface area contributed by atoms with Crippen molar-refractivity contribution >= 4 is 67.6 Å². The normalized spacial score (nSPS) is 14.0. The summed E-state index contributed by atoms with van der Waals surface area (Å²) in [6.07, 6.45) is 6.74. The van der Waals surface area contributed by atoms with E-state index in [0.717, 1.165) is 32.9 Å². The van der Waals surface area contributed by atoms with E-state index in [2.05, 4.69) is 20.8 Å². The fraction of sp³-hybridized carbons (Fsp3) is 0.170. The SMILES string of the molecule is CN1NN(CCN2C(=O)c3cccc4cccc(c34)C2=O)C=C1CCCOc1cc(C(=O)Nc2cc3ccccc3[n+](C)c2)nc(C([O])=Nc2cc3ccccc3[n+](C)c2)c1. The van der Waals surface area contributed by atoms with Crippen molar-refractivity contribution in [1.29, 1.82) is 0 Å². The van der Waals surface area contributed by atoms with Crippen molar-refractivity contribution in [3.05, 3.63) is 156 Å². The first-order valence-corrected chi connectivity index (χ1v) is 19.9. The van der Waals surface area contributed by atoms with E-state index in [9.17, 15) is 19.5 Å². The number of hydrazine groups is 2. The van der Waals surface area contributed by atoms with Gasteiger partial charge in [-0.15, -0.1) is 5.53 Å². The number of aryl methyl sites for hydroxylation is 2. The van der Waals surface area contributed by atoms with Gasteiger partial charge in [0.2, 0.25) is 11.0 Å². The number of fused-ring (bicyclic) bond motifs is 2. The highest BCUT2D eigenvalue weighted by Crippen LogP contribution is 2.30. The number of pyridine rings is 3. The van der Waals surface area contributed by atoms with E-state index in [1.54, 1.807) is 18.3 Å². The molecule has 3 aromatic heterocycles. The number of imide groups is 1. The summed E-state index contributed by atoms with van der Waals surface area (Å²) in [5.41, 5.74) is 8.25. The van der Waals surface area contributed by atoms with Gasteiger partial charge in [-0.2, -0.15) is 9.13 Å². The van der Waals surface area contributed by atoms with Gasteiger partial charge in [-0.3, -0.25) is 34.4 Å². The lowest BCUT2D eigenvalue weighted by Crippen LogP contribution is -2.46. The highest BCUT2D eigenvalue weighted by atomic mass is 16.5. The van der Waals surface area contributed by atoms with Crippen molar-refractivity contribution in [2.24, 2.45) is 19.1 Å². The first kappa shape index (κ1) is 38.8. The Bertz CT molecular complexity index is 2930. The number of carbonyl (C=O) groups excluding carboxylic acids is 3. The number of benzene rings is 4. The number of amides is 3. The molecule has 2 N–H and O–H groups in total. The fourth-order valence-electron chi connectivity index (χ4n) is 7.96. The second-order valence-electron chi connectivity index (χ2n) is 15.1. The maximum atomic E-state index is 13.7. The van der Waals surface area contributed by atoms with Crippen LogP contribution in [0.3, 0.4) is 0 Å². The summed E-state index contributed by atoms with van der Waals surface area (Å²) in [6.45, 7) is 0.836. The quantitative estimate of drug-likeness (QED) is 0.0509. The molecule has 1 radical (unpaired) electrons. The minimum Gasteiger partial charge on any atom is -0.493 e. The Hall–Kier alpha value is -7.71. The number of para-hydroxylation sites is 2. The van der Waals surface area contributed by atoms with Gasteiger partial charge in [0.1, 0.15) is 42.6 Å². The average molecular weight is 813 g/mol. The van der Waals surface area contributed by atoms with Crippen molar-refractivity contribution in [2.75, 3.05) is 32.1 Å². The Morgan fingerprint density at radius 2 is 1.43 bits per heavy atom. The summed E-state index contributed by atoms with van der Waals surface area (Å²) in [7, 11) is 5.68. The number of nitrogens with zero attached hydrogens (tertiary/aromatic N) is 7. The van der Waals surface area contributed by atoms with Gasteiger partial charge in [0.05, 0.1) is 13.2 Å². The third-order valence-corrected chi connectivity index (χ3v) is 10.9. The Morgan fingerprint density at radius 3 is 2.15 bits per heavy atom. The van der Waals surface area contributed by atoms with E-state index in [1.165, 1.54) is 17.0 Å².